The van der Waals surface area contributed by atoms with Gasteiger partial charge in [-0.15, -0.1) is 0 Å². The molecule has 5 aromatic rings. The van der Waals surface area contributed by atoms with E-state index >= 15 is 0 Å². The van der Waals surface area contributed by atoms with Crippen molar-refractivity contribution in [1.82, 2.24) is 19.3 Å². The van der Waals surface area contributed by atoms with Crippen LogP contribution in [0.3, 0.4) is 0 Å². The zero-order valence-electron chi connectivity index (χ0n) is 19.2. The molecule has 10 heteroatoms. The number of rotatable bonds is 5. The van der Waals surface area contributed by atoms with Gasteiger partial charge in [0.2, 0.25) is 0 Å². The average Bonchev–Trinajstić information content (AvgIpc) is 3.23. The van der Waals surface area contributed by atoms with E-state index < -0.39 is 23.1 Å². The van der Waals surface area contributed by atoms with Crippen LogP contribution in [0, 0.1) is 18.6 Å². The lowest BCUT2D eigenvalue weighted by molar-refractivity contribution is 0.102. The predicted molar refractivity (Wildman–Crippen MR) is 130 cm³/mol. The van der Waals surface area contributed by atoms with Crippen LogP contribution in [-0.4, -0.2) is 25.2 Å². The first-order valence-electron chi connectivity index (χ1n) is 10.9. The van der Waals surface area contributed by atoms with Crippen molar-refractivity contribution in [2.75, 3.05) is 5.32 Å². The molecule has 3 aromatic heterocycles. The van der Waals surface area contributed by atoms with E-state index in [0.29, 0.717) is 11.4 Å². The Kier molecular flexibility index (Phi) is 5.77. The minimum Gasteiger partial charge on any atom is -0.453 e. The first-order chi connectivity index (χ1) is 17.3. The zero-order valence-corrected chi connectivity index (χ0v) is 19.2. The predicted octanol–water partition coefficient (Wildman–Crippen LogP) is 4.75. The van der Waals surface area contributed by atoms with E-state index in [4.69, 9.17) is 4.74 Å². The highest BCUT2D eigenvalue weighted by molar-refractivity contribution is 6.03. The number of halogens is 2. The molecule has 0 saturated heterocycles. The van der Waals surface area contributed by atoms with E-state index in [1.54, 1.807) is 18.3 Å². The number of pyridine rings is 1. The van der Waals surface area contributed by atoms with Crippen molar-refractivity contribution >= 4 is 22.6 Å². The summed E-state index contributed by atoms with van der Waals surface area (Å²) in [5.74, 6) is -1.65. The first-order valence-corrected chi connectivity index (χ1v) is 10.9. The van der Waals surface area contributed by atoms with Crippen LogP contribution in [0.15, 0.2) is 77.9 Å². The van der Waals surface area contributed by atoms with Gasteiger partial charge in [-0.1, -0.05) is 12.1 Å². The molecule has 1 amide bonds. The summed E-state index contributed by atoms with van der Waals surface area (Å²) in [7, 11) is 1.84. The fraction of sp³-hybridized carbons (Fsp3) is 0.0769. The highest BCUT2D eigenvalue weighted by Crippen LogP contribution is 2.31. The number of para-hydroxylation sites is 1. The summed E-state index contributed by atoms with van der Waals surface area (Å²) < 4.78 is 37.5. The van der Waals surface area contributed by atoms with Gasteiger partial charge in [-0.3, -0.25) is 9.59 Å². The second-order valence-electron chi connectivity index (χ2n) is 8.05. The lowest BCUT2D eigenvalue weighted by Gasteiger charge is -2.12. The van der Waals surface area contributed by atoms with Gasteiger partial charge in [-0.05, 0) is 48.9 Å². The van der Waals surface area contributed by atoms with Gasteiger partial charge in [-0.2, -0.15) is 9.78 Å². The van der Waals surface area contributed by atoms with E-state index in [1.807, 2.05) is 23.9 Å². The van der Waals surface area contributed by atoms with Crippen molar-refractivity contribution in [3.05, 3.63) is 106 Å². The van der Waals surface area contributed by atoms with Gasteiger partial charge in [-0.25, -0.2) is 13.8 Å². The van der Waals surface area contributed by atoms with Gasteiger partial charge in [0.25, 0.3) is 11.5 Å². The molecule has 0 saturated carbocycles. The Morgan fingerprint density at radius 3 is 2.58 bits per heavy atom. The largest absolute Gasteiger partial charge is 0.453 e. The lowest BCUT2D eigenvalue weighted by Crippen LogP contribution is -2.27. The van der Waals surface area contributed by atoms with E-state index in [9.17, 15) is 18.4 Å². The first kappa shape index (κ1) is 22.9. The number of ether oxygens (including phenoxy) is 1. The maximum absolute atomic E-state index is 14.9. The smallest absolute Gasteiger partial charge is 0.276 e. The van der Waals surface area contributed by atoms with E-state index in [1.165, 1.54) is 43.3 Å². The maximum Gasteiger partial charge on any atom is 0.276 e. The SMILES string of the molecule is Cc1cc(=O)n(-c2ccccc2F)nc1C(=O)Nc1ccc(Oc2ccnc3c2ccn3C)c(F)c1. The van der Waals surface area contributed by atoms with Gasteiger partial charge >= 0.3 is 0 Å². The normalized spacial score (nSPS) is 11.0. The number of nitrogens with zero attached hydrogens (tertiary/aromatic N) is 4. The van der Waals surface area contributed by atoms with Crippen molar-refractivity contribution < 1.29 is 18.3 Å². The van der Waals surface area contributed by atoms with Crippen molar-refractivity contribution in [3.63, 3.8) is 0 Å². The number of aromatic nitrogens is 4. The Labute approximate surface area is 203 Å². The molecule has 0 fully saturated rings. The second kappa shape index (κ2) is 9.06. The molecule has 3 heterocycles. The fourth-order valence-electron chi connectivity index (χ4n) is 3.76. The molecular weight excluding hydrogens is 468 g/mol. The van der Waals surface area contributed by atoms with Crippen LogP contribution in [0.1, 0.15) is 16.1 Å². The minimum atomic E-state index is -0.699. The van der Waals surface area contributed by atoms with Crippen LogP contribution >= 0.6 is 0 Å². The summed E-state index contributed by atoms with van der Waals surface area (Å²) >= 11 is 0. The number of nitrogens with one attached hydrogen (secondary N) is 1. The Balaban J connectivity index is 1.40. The van der Waals surface area contributed by atoms with Crippen molar-refractivity contribution in [3.8, 4) is 17.2 Å². The number of benzene rings is 2. The minimum absolute atomic E-state index is 0.0354. The van der Waals surface area contributed by atoms with Crippen molar-refractivity contribution in [2.24, 2.45) is 7.05 Å². The number of hydrogen-bond donors (Lipinski definition) is 1. The molecule has 180 valence electrons. The number of anilines is 1. The molecule has 0 aliphatic carbocycles. The Morgan fingerprint density at radius 1 is 1.00 bits per heavy atom. The average molecular weight is 487 g/mol. The Hall–Kier alpha value is -4.86. The van der Waals surface area contributed by atoms with Crippen LogP contribution in [0.5, 0.6) is 11.5 Å². The molecule has 0 spiro atoms. The fourth-order valence-corrected chi connectivity index (χ4v) is 3.76. The monoisotopic (exact) mass is 487 g/mol. The summed E-state index contributed by atoms with van der Waals surface area (Å²) in [4.78, 5) is 29.6. The number of carbonyl (C=O) groups is 1. The van der Waals surface area contributed by atoms with Gasteiger partial charge in [0.05, 0.1) is 5.39 Å². The molecule has 0 atom stereocenters. The number of amides is 1. The van der Waals surface area contributed by atoms with Gasteiger partial charge in [0.1, 0.15) is 22.9 Å². The highest BCUT2D eigenvalue weighted by atomic mass is 19.1. The Bertz CT molecular complexity index is 1690. The maximum atomic E-state index is 14.9. The molecular formula is C26H19F2N5O3. The van der Waals surface area contributed by atoms with Gasteiger partial charge in [0, 0.05) is 37.3 Å². The van der Waals surface area contributed by atoms with Crippen LogP contribution < -0.4 is 15.6 Å². The standard InChI is InChI=1S/C26H19F2N5O3/c1-15-13-23(34)33(20-6-4-3-5-18(20)27)31-24(15)26(35)30-16-7-8-22(19(28)14-16)36-21-9-11-29-25-17(21)10-12-32(25)2/h3-14H,1-2H3,(H,30,35). The number of hydrogen-bond acceptors (Lipinski definition) is 5. The summed E-state index contributed by atoms with van der Waals surface area (Å²) in [6.45, 7) is 1.53. The Morgan fingerprint density at radius 2 is 1.81 bits per heavy atom. The van der Waals surface area contributed by atoms with Crippen LogP contribution in [-0.2, 0) is 7.05 Å². The molecule has 5 rings (SSSR count). The van der Waals surface area contributed by atoms with Crippen LogP contribution in [0.2, 0.25) is 0 Å². The van der Waals surface area contributed by atoms with Crippen LogP contribution in [0.25, 0.3) is 16.7 Å². The summed E-state index contributed by atoms with van der Waals surface area (Å²) in [5, 5.41) is 7.33. The molecule has 0 bridgehead atoms. The van der Waals surface area contributed by atoms with Crippen molar-refractivity contribution in [2.45, 2.75) is 6.92 Å². The molecule has 8 nitrogen and oxygen atoms in total. The van der Waals surface area contributed by atoms with Crippen LogP contribution in [0.4, 0.5) is 14.5 Å². The summed E-state index contributed by atoms with van der Waals surface area (Å²) in [5.41, 5.74) is 0.334. The van der Waals surface area contributed by atoms with Gasteiger partial charge in [0.15, 0.2) is 17.3 Å². The molecule has 1 N–H and O–H groups in total. The third kappa shape index (κ3) is 4.20. The zero-order chi connectivity index (χ0) is 25.4. The van der Waals surface area contributed by atoms with E-state index in [0.717, 1.165) is 16.1 Å². The third-order valence-corrected chi connectivity index (χ3v) is 5.56. The number of fused-ring (bicyclic) bond motifs is 1. The summed E-state index contributed by atoms with van der Waals surface area (Å²) in [6.07, 6.45) is 3.39. The van der Waals surface area contributed by atoms with Gasteiger partial charge < -0.3 is 14.6 Å². The van der Waals surface area contributed by atoms with Crippen molar-refractivity contribution in [1.29, 1.82) is 0 Å². The topological polar surface area (TPSA) is 91.0 Å². The van der Waals surface area contributed by atoms with E-state index in [-0.39, 0.29) is 28.4 Å². The third-order valence-electron chi connectivity index (χ3n) is 5.56. The second-order valence-corrected chi connectivity index (χ2v) is 8.05. The quantitative estimate of drug-likeness (QED) is 0.386. The lowest BCUT2D eigenvalue weighted by atomic mass is 10.2. The summed E-state index contributed by atoms with van der Waals surface area (Å²) in [6, 6.07) is 14.2. The molecule has 0 aliphatic rings. The number of carbonyl (C=O) groups excluding carboxylic acids is 1. The number of aryl methyl sites for hydroxylation is 2. The molecule has 0 radical (unpaired) electrons. The highest BCUT2D eigenvalue weighted by Gasteiger charge is 2.18. The molecule has 0 unspecified atom stereocenters. The molecule has 0 aliphatic heterocycles. The van der Waals surface area contributed by atoms with E-state index in [2.05, 4.69) is 15.4 Å². The molecule has 36 heavy (non-hydrogen) atoms. The molecule has 2 aromatic carbocycles.